The number of allylic oxidation sites excluding steroid dienone is 4. The summed E-state index contributed by atoms with van der Waals surface area (Å²) in [4.78, 5) is 72.3. The number of hydrogen-bond acceptors (Lipinski definition) is 7. The molecule has 56 heavy (non-hydrogen) atoms. The molecule has 2 aliphatic rings. The first-order valence-electron chi connectivity index (χ1n) is 19.0. The highest BCUT2D eigenvalue weighted by molar-refractivity contribution is 6.05. The predicted molar refractivity (Wildman–Crippen MR) is 216 cm³/mol. The summed E-state index contributed by atoms with van der Waals surface area (Å²) in [5.74, 6) is -1.67. The van der Waals surface area contributed by atoms with Crippen molar-refractivity contribution >= 4 is 52.0 Å². The molecule has 0 fully saturated rings. The number of amides is 3. The first-order chi connectivity index (χ1) is 26.7. The van der Waals surface area contributed by atoms with Crippen molar-refractivity contribution in [3.63, 3.8) is 0 Å². The molecule has 4 aromatic rings. The van der Waals surface area contributed by atoms with Gasteiger partial charge in [0.1, 0.15) is 5.69 Å². The molecule has 2 aliphatic carbocycles. The van der Waals surface area contributed by atoms with Crippen LogP contribution in [0.4, 0.5) is 11.4 Å². The van der Waals surface area contributed by atoms with Gasteiger partial charge in [-0.15, -0.1) is 0 Å². The summed E-state index contributed by atoms with van der Waals surface area (Å²) in [6, 6.07) is 11.5. The number of carboxylic acid groups (broad SMARTS) is 1. The topological polar surface area (TPSA) is 213 Å². The minimum absolute atomic E-state index is 0.0599. The molecule has 7 N–H and O–H groups in total. The number of nitrogens with one attached hydrogen (secondary N) is 4. The van der Waals surface area contributed by atoms with E-state index in [1.165, 1.54) is 18.7 Å². The Morgan fingerprint density at radius 1 is 0.804 bits per heavy atom. The Morgan fingerprint density at radius 3 is 1.88 bits per heavy atom. The molecular weight excluding hydrogens is 711 g/mol. The molecule has 2 aromatic heterocycles. The summed E-state index contributed by atoms with van der Waals surface area (Å²) in [6.45, 7) is 7.80. The number of aryl methyl sites for hydroxylation is 3. The Morgan fingerprint density at radius 2 is 1.39 bits per heavy atom. The van der Waals surface area contributed by atoms with Gasteiger partial charge in [0.15, 0.2) is 17.4 Å². The van der Waals surface area contributed by atoms with E-state index in [4.69, 9.17) is 10.8 Å². The van der Waals surface area contributed by atoms with Gasteiger partial charge in [0.25, 0.3) is 11.8 Å². The minimum atomic E-state index is -0.838. The van der Waals surface area contributed by atoms with E-state index in [0.29, 0.717) is 36.2 Å². The quantitative estimate of drug-likeness (QED) is 0.0737. The number of hydrogen-bond donors (Lipinski definition) is 6. The van der Waals surface area contributed by atoms with Crippen LogP contribution in [0.15, 0.2) is 60.9 Å². The molecule has 0 saturated heterocycles. The number of anilines is 2. The number of carbonyl (C=O) groups is 5. The first-order valence-corrected chi connectivity index (χ1v) is 19.0. The Hall–Kier alpha value is -6.11. The van der Waals surface area contributed by atoms with Gasteiger partial charge in [0.05, 0.1) is 6.20 Å². The highest BCUT2D eigenvalue weighted by Gasteiger charge is 2.24. The summed E-state index contributed by atoms with van der Waals surface area (Å²) in [7, 11) is 0. The van der Waals surface area contributed by atoms with E-state index >= 15 is 0 Å². The smallest absolute Gasteiger partial charge is 0.303 e. The van der Waals surface area contributed by atoms with Crippen molar-refractivity contribution in [1.29, 1.82) is 0 Å². The van der Waals surface area contributed by atoms with Gasteiger partial charge in [-0.3, -0.25) is 24.0 Å². The maximum Gasteiger partial charge on any atom is 0.303 e. The normalized spacial score (nSPS) is 14.7. The number of Topliss-reactive ketones (excluding diaryl/α,β-unsaturated/α-hetero) is 1. The standard InChI is InChI=1S/C22H28N4O2.C21H23N3O4/c1-14-13-24-20(25-14)21(28)26-18-6-4-15(5-7-19(23)27)12-17(18)16-8-10-22(2,3)11-9-16;1-13(25)18-12-22-20(23-18)21(28)24-17-9-7-14(8-10-19(26)27)11-16(17)15-5-3-2-4-6-15/h4,6,8,12-13H,5,7,9-11H2,1-3H3,(H2,23,27)(H,24,25)(H,26,28);5,7,9,11-12H,2-4,6,8,10H2,1H3,(H,22,23)(H,24,28)(H,26,27). The highest BCUT2D eigenvalue weighted by atomic mass is 16.4. The van der Waals surface area contributed by atoms with Gasteiger partial charge < -0.3 is 31.4 Å². The number of carboxylic acids is 1. The number of aromatic nitrogens is 4. The number of benzene rings is 2. The summed E-state index contributed by atoms with van der Waals surface area (Å²) in [5, 5.41) is 14.8. The number of carbonyl (C=O) groups excluding carboxylic acids is 4. The van der Waals surface area contributed by atoms with Crippen molar-refractivity contribution in [2.45, 2.75) is 98.3 Å². The molecule has 0 aliphatic heterocycles. The van der Waals surface area contributed by atoms with Crippen LogP contribution in [0.5, 0.6) is 0 Å². The summed E-state index contributed by atoms with van der Waals surface area (Å²) >= 11 is 0. The largest absolute Gasteiger partial charge is 0.481 e. The fourth-order valence-electron chi connectivity index (χ4n) is 6.67. The Balaban J connectivity index is 0.000000214. The van der Waals surface area contributed by atoms with Gasteiger partial charge in [-0.1, -0.05) is 38.1 Å². The van der Waals surface area contributed by atoms with Gasteiger partial charge in [0.2, 0.25) is 5.91 Å². The lowest BCUT2D eigenvalue weighted by molar-refractivity contribution is -0.137. The molecular formula is C43H51N7O6. The van der Waals surface area contributed by atoms with Crippen molar-refractivity contribution in [3.05, 3.63) is 106 Å². The SMILES string of the molecule is CC(=O)c1cnc(C(=O)Nc2ccc(CCC(=O)O)cc2C2=CCCCC2)[nH]1.Cc1cnc(C(=O)Nc2ccc(CCC(N)=O)cc2C2=CCC(C)(C)CC2)[nH]1. The Labute approximate surface area is 326 Å². The molecule has 0 atom stereocenters. The van der Waals surface area contributed by atoms with Crippen LogP contribution in [0, 0.1) is 12.3 Å². The number of H-pyrrole nitrogens is 2. The molecule has 0 saturated carbocycles. The van der Waals surface area contributed by atoms with E-state index in [9.17, 15) is 24.0 Å². The van der Waals surface area contributed by atoms with Crippen LogP contribution in [0.1, 0.15) is 138 Å². The third-order valence-electron chi connectivity index (χ3n) is 10.00. The lowest BCUT2D eigenvalue weighted by Gasteiger charge is -2.29. The van der Waals surface area contributed by atoms with E-state index in [1.54, 1.807) is 12.3 Å². The number of aromatic amines is 2. The average molecular weight is 762 g/mol. The summed E-state index contributed by atoms with van der Waals surface area (Å²) in [6.07, 6.45) is 16.0. The molecule has 0 radical (unpaired) electrons. The number of aliphatic carboxylic acids is 1. The minimum Gasteiger partial charge on any atom is -0.481 e. The van der Waals surface area contributed by atoms with Crippen LogP contribution in [-0.2, 0) is 22.4 Å². The third-order valence-corrected chi connectivity index (χ3v) is 10.00. The van der Waals surface area contributed by atoms with Crippen molar-refractivity contribution in [2.75, 3.05) is 10.6 Å². The van der Waals surface area contributed by atoms with Crippen LogP contribution in [-0.4, -0.2) is 54.5 Å². The second-order valence-corrected chi connectivity index (χ2v) is 15.2. The lowest BCUT2D eigenvalue weighted by Crippen LogP contribution is -2.17. The number of imidazole rings is 2. The molecule has 2 aromatic carbocycles. The Bertz CT molecular complexity index is 2170. The van der Waals surface area contributed by atoms with Crippen molar-refractivity contribution < 1.29 is 29.1 Å². The number of rotatable bonds is 13. The maximum atomic E-state index is 12.6. The Kier molecular flexibility index (Phi) is 13.6. The van der Waals surface area contributed by atoms with Gasteiger partial charge >= 0.3 is 5.97 Å². The fraction of sp³-hybridized carbons (Fsp3) is 0.372. The molecule has 0 spiro atoms. The zero-order valence-corrected chi connectivity index (χ0v) is 32.5. The molecule has 294 valence electrons. The zero-order chi connectivity index (χ0) is 40.4. The number of nitrogens with zero attached hydrogens (tertiary/aromatic N) is 2. The monoisotopic (exact) mass is 761 g/mol. The van der Waals surface area contributed by atoms with Crippen LogP contribution in [0.2, 0.25) is 0 Å². The van der Waals surface area contributed by atoms with E-state index in [1.807, 2.05) is 31.2 Å². The van der Waals surface area contributed by atoms with Crippen molar-refractivity contribution in [2.24, 2.45) is 11.1 Å². The third kappa shape index (κ3) is 11.5. The van der Waals surface area contributed by atoms with Crippen LogP contribution >= 0.6 is 0 Å². The van der Waals surface area contributed by atoms with E-state index in [0.717, 1.165) is 84.2 Å². The predicted octanol–water partition coefficient (Wildman–Crippen LogP) is 7.82. The van der Waals surface area contributed by atoms with Gasteiger partial charge in [-0.25, -0.2) is 9.97 Å². The van der Waals surface area contributed by atoms with E-state index < -0.39 is 11.9 Å². The average Bonchev–Trinajstić information content (AvgIpc) is 3.85. The number of primary amides is 1. The molecule has 2 heterocycles. The maximum absolute atomic E-state index is 12.6. The molecule has 0 bridgehead atoms. The molecule has 13 heteroatoms. The summed E-state index contributed by atoms with van der Waals surface area (Å²) in [5.41, 5.74) is 14.4. The summed E-state index contributed by atoms with van der Waals surface area (Å²) < 4.78 is 0. The highest BCUT2D eigenvalue weighted by Crippen LogP contribution is 2.40. The second-order valence-electron chi connectivity index (χ2n) is 15.2. The van der Waals surface area contributed by atoms with Crippen LogP contribution in [0.25, 0.3) is 11.1 Å². The van der Waals surface area contributed by atoms with E-state index in [2.05, 4.69) is 62.6 Å². The van der Waals surface area contributed by atoms with Crippen LogP contribution < -0.4 is 16.4 Å². The molecule has 3 amide bonds. The van der Waals surface area contributed by atoms with Gasteiger partial charge in [-0.2, -0.15) is 0 Å². The lowest BCUT2D eigenvalue weighted by atomic mass is 9.76. The van der Waals surface area contributed by atoms with Crippen LogP contribution in [0.3, 0.4) is 0 Å². The fourth-order valence-corrected chi connectivity index (χ4v) is 6.67. The molecule has 0 unspecified atom stereocenters. The molecule has 6 rings (SSSR count). The van der Waals surface area contributed by atoms with Gasteiger partial charge in [-0.05, 0) is 117 Å². The van der Waals surface area contributed by atoms with E-state index in [-0.39, 0.29) is 35.5 Å². The van der Waals surface area contributed by atoms with Crippen molar-refractivity contribution in [3.8, 4) is 0 Å². The number of ketones is 1. The first kappa shape index (κ1) is 41.1. The molecule has 13 nitrogen and oxygen atoms in total. The van der Waals surface area contributed by atoms with Crippen molar-refractivity contribution in [1.82, 2.24) is 19.9 Å². The van der Waals surface area contributed by atoms with Gasteiger partial charge in [0, 0.05) is 54.2 Å². The zero-order valence-electron chi connectivity index (χ0n) is 32.5. The second kappa shape index (κ2) is 18.5. The number of nitrogens with two attached hydrogens (primary N) is 1.